The van der Waals surface area contributed by atoms with Crippen molar-refractivity contribution in [2.45, 2.75) is 314 Å². The van der Waals surface area contributed by atoms with E-state index >= 15 is 0 Å². The van der Waals surface area contributed by atoms with Crippen LogP contribution in [0.3, 0.4) is 0 Å². The number of ether oxygens (including phenoxy) is 4. The molecule has 1 aliphatic rings. The Kier molecular flexibility index (Phi) is 50.2. The number of unbranched alkanes of at least 4 members (excludes halogenated alkanes) is 21. The van der Waals surface area contributed by atoms with Crippen molar-refractivity contribution in [1.82, 2.24) is 31.5 Å². The molecular formula is C79H134N6O14. The molecule has 20 nitrogen and oxygen atoms in total. The van der Waals surface area contributed by atoms with Crippen molar-refractivity contribution >= 4 is 41.7 Å². The van der Waals surface area contributed by atoms with Crippen molar-refractivity contribution in [2.75, 3.05) is 59.6 Å². The van der Waals surface area contributed by atoms with Crippen molar-refractivity contribution in [3.05, 3.63) is 84.0 Å². The van der Waals surface area contributed by atoms with E-state index in [1.54, 1.807) is 0 Å². The molecule has 4 atom stereocenters. The first-order valence-electron chi connectivity index (χ1n) is 38.2. The summed E-state index contributed by atoms with van der Waals surface area (Å²) < 4.78 is 26.0. The lowest BCUT2D eigenvalue weighted by molar-refractivity contribution is -0.180. The van der Waals surface area contributed by atoms with Crippen LogP contribution in [0, 0.1) is 0 Å². The molecule has 1 aromatic rings. The van der Waals surface area contributed by atoms with Crippen LogP contribution in [-0.2, 0) is 38.1 Å². The molecule has 0 aliphatic carbocycles. The summed E-state index contributed by atoms with van der Waals surface area (Å²) in [7, 11) is 2.18. The number of nitrogens with zero attached hydrogens (tertiary/aromatic N) is 1. The van der Waals surface area contributed by atoms with E-state index in [1.807, 2.05) is 27.7 Å². The topological polar surface area (TPSA) is 280 Å². The van der Waals surface area contributed by atoms with E-state index in [9.17, 15) is 43.8 Å². The second-order valence-corrected chi connectivity index (χ2v) is 27.9. The van der Waals surface area contributed by atoms with Gasteiger partial charge in [0.15, 0.2) is 5.79 Å². The minimum absolute atomic E-state index is 0.0110. The Bertz CT molecular complexity index is 2440. The lowest BCUT2D eigenvalue weighted by Gasteiger charge is -2.34. The van der Waals surface area contributed by atoms with E-state index in [2.05, 4.69) is 101 Å². The number of allylic oxidation sites excluding steroid dienone is 8. The Balaban J connectivity index is 1.68. The van der Waals surface area contributed by atoms with Crippen molar-refractivity contribution < 1.29 is 67.8 Å². The van der Waals surface area contributed by atoms with Crippen LogP contribution in [0.2, 0.25) is 0 Å². The van der Waals surface area contributed by atoms with Crippen LogP contribution in [-0.4, -0.2) is 157 Å². The molecule has 2 rings (SSSR count). The molecule has 1 aliphatic heterocycles. The van der Waals surface area contributed by atoms with Gasteiger partial charge in [0.05, 0.1) is 37.1 Å². The zero-order valence-corrected chi connectivity index (χ0v) is 62.3. The van der Waals surface area contributed by atoms with E-state index in [4.69, 9.17) is 24.1 Å². The number of carbonyl (C=O) groups excluding carboxylic acids is 4. The van der Waals surface area contributed by atoms with Gasteiger partial charge in [-0.05, 0) is 187 Å². The van der Waals surface area contributed by atoms with Gasteiger partial charge in [-0.2, -0.15) is 0 Å². The summed E-state index contributed by atoms with van der Waals surface area (Å²) >= 11 is 0. The third-order valence-electron chi connectivity index (χ3n) is 18.2. The van der Waals surface area contributed by atoms with Crippen LogP contribution in [0.15, 0.2) is 72.9 Å². The molecule has 0 spiro atoms. The SMILES string of the molecule is CCCCCC=CCC=CCCCCCCCCC1(CCCCCCCCC=CCC=CCCCCC)OCC(CCN(C)CCCCCC(=O)NCC(C)(CC)OCC(C)(C)OCCNC(=O)c2ccc(C(=O)NCCCCC(NC(=O)NC(CCC(=O)O)C(=O)O)C(=O)O)cc2)O1. The number of hydrogen-bond donors (Lipinski definition) is 8. The van der Waals surface area contributed by atoms with Crippen LogP contribution >= 0.6 is 0 Å². The second-order valence-electron chi connectivity index (χ2n) is 27.9. The lowest BCUT2D eigenvalue weighted by atomic mass is 9.98. The monoisotopic (exact) mass is 1390 g/mol. The van der Waals surface area contributed by atoms with E-state index in [1.165, 1.54) is 153 Å². The molecule has 0 aromatic heterocycles. The highest BCUT2D eigenvalue weighted by Crippen LogP contribution is 2.36. The number of aliphatic carboxylic acids is 3. The number of carboxylic acid groups (broad SMARTS) is 3. The maximum absolute atomic E-state index is 13.0. The van der Waals surface area contributed by atoms with Gasteiger partial charge in [-0.25, -0.2) is 14.4 Å². The lowest BCUT2D eigenvalue weighted by Crippen LogP contribution is -2.51. The fourth-order valence-corrected chi connectivity index (χ4v) is 11.6. The van der Waals surface area contributed by atoms with E-state index in [-0.39, 0.29) is 63.5 Å². The molecule has 5 amide bonds. The van der Waals surface area contributed by atoms with Gasteiger partial charge in [0.2, 0.25) is 5.91 Å². The van der Waals surface area contributed by atoms with Gasteiger partial charge in [-0.3, -0.25) is 19.2 Å². The molecule has 0 radical (unpaired) electrons. The van der Waals surface area contributed by atoms with Gasteiger partial charge in [0, 0.05) is 63.0 Å². The first-order chi connectivity index (χ1) is 47.7. The molecule has 564 valence electrons. The van der Waals surface area contributed by atoms with Crippen molar-refractivity contribution in [3.63, 3.8) is 0 Å². The maximum Gasteiger partial charge on any atom is 0.326 e. The zero-order chi connectivity index (χ0) is 72.7. The molecule has 4 unspecified atom stereocenters. The van der Waals surface area contributed by atoms with Gasteiger partial charge >= 0.3 is 23.9 Å². The summed E-state index contributed by atoms with van der Waals surface area (Å²) in [6.07, 6.45) is 55.1. The van der Waals surface area contributed by atoms with E-state index in [0.29, 0.717) is 43.5 Å². The number of carboxylic acids is 3. The van der Waals surface area contributed by atoms with Crippen LogP contribution in [0.5, 0.6) is 0 Å². The molecule has 1 fully saturated rings. The van der Waals surface area contributed by atoms with E-state index < -0.39 is 65.3 Å². The van der Waals surface area contributed by atoms with Crippen LogP contribution in [0.25, 0.3) is 0 Å². The van der Waals surface area contributed by atoms with Gasteiger partial charge in [0.25, 0.3) is 11.8 Å². The third-order valence-corrected chi connectivity index (χ3v) is 18.2. The number of urea groups is 1. The van der Waals surface area contributed by atoms with Gasteiger partial charge in [0.1, 0.15) is 12.1 Å². The predicted octanol–water partition coefficient (Wildman–Crippen LogP) is 15.9. The Morgan fingerprint density at radius 2 is 1.05 bits per heavy atom. The quantitative estimate of drug-likeness (QED) is 0.0222. The van der Waals surface area contributed by atoms with Crippen molar-refractivity contribution in [3.8, 4) is 0 Å². The summed E-state index contributed by atoms with van der Waals surface area (Å²) in [4.78, 5) is 87.3. The van der Waals surface area contributed by atoms with Gasteiger partial charge in [-0.15, -0.1) is 0 Å². The molecule has 1 heterocycles. The molecule has 20 heteroatoms. The Labute approximate surface area is 596 Å². The average molecular weight is 1390 g/mol. The van der Waals surface area contributed by atoms with E-state index in [0.717, 1.165) is 77.3 Å². The number of carbonyl (C=O) groups is 7. The number of amides is 5. The Hall–Kier alpha value is -5.93. The largest absolute Gasteiger partial charge is 0.481 e. The molecule has 0 saturated carbocycles. The highest BCUT2D eigenvalue weighted by Gasteiger charge is 2.40. The number of benzene rings is 1. The first-order valence-corrected chi connectivity index (χ1v) is 38.2. The fourth-order valence-electron chi connectivity index (χ4n) is 11.6. The number of hydrogen-bond acceptors (Lipinski definition) is 12. The van der Waals surface area contributed by atoms with Crippen LogP contribution < -0.4 is 26.6 Å². The third kappa shape index (κ3) is 46.3. The Morgan fingerprint density at radius 1 is 0.566 bits per heavy atom. The molecule has 0 bridgehead atoms. The predicted molar refractivity (Wildman–Crippen MR) is 396 cm³/mol. The molecular weight excluding hydrogens is 1260 g/mol. The summed E-state index contributed by atoms with van der Waals surface area (Å²) in [6.45, 7) is 16.2. The highest BCUT2D eigenvalue weighted by molar-refractivity contribution is 5.97. The minimum atomic E-state index is -1.51. The standard InChI is InChI=1S/C79H134N6O14/c1-8-11-13-15-17-19-21-23-25-27-29-31-33-35-37-42-55-79(56-43-38-36-34-32-30-28-26-24-22-20-18-16-14-12-9-2)97-62-67(99-79)54-60-85(7)59-45-39-40-47-70(86)82-63-78(6,10-3)98-64-77(4,5)96-61-58-81-73(90)66-50-48-65(49-51-66)72(89)80-57-44-41-46-68(74(91)92)83-76(95)84-69(75(93)94)52-53-71(87)88/h17-20,23-26,48-51,67-69H,8-16,21-22,27-47,52-64H2,1-7H3,(H,80,89)(H,81,90)(H,82,86)(H,87,88)(H,91,92)(H,93,94)(H2,83,84,95). The first kappa shape index (κ1) is 89.2. The molecule has 1 saturated heterocycles. The molecule has 99 heavy (non-hydrogen) atoms. The van der Waals surface area contributed by atoms with Crippen LogP contribution in [0.1, 0.15) is 300 Å². The summed E-state index contributed by atoms with van der Waals surface area (Å²) in [5.74, 6) is -5.23. The fraction of sp³-hybridized carbons (Fsp3) is 0.734. The van der Waals surface area contributed by atoms with Crippen molar-refractivity contribution in [1.29, 1.82) is 0 Å². The normalized spacial score (nSPS) is 16.2. The zero-order valence-electron chi connectivity index (χ0n) is 62.3. The van der Waals surface area contributed by atoms with Gasteiger partial charge < -0.3 is 65.8 Å². The average Bonchev–Trinajstić information content (AvgIpc) is 1.74. The summed E-state index contributed by atoms with van der Waals surface area (Å²) in [5.41, 5.74) is -0.645. The summed E-state index contributed by atoms with van der Waals surface area (Å²) in [5, 5.41) is 40.6. The minimum Gasteiger partial charge on any atom is -0.481 e. The molecule has 1 aromatic carbocycles. The van der Waals surface area contributed by atoms with Crippen LogP contribution in [0.4, 0.5) is 4.79 Å². The summed E-state index contributed by atoms with van der Waals surface area (Å²) in [6, 6.07) is 2.17. The smallest absolute Gasteiger partial charge is 0.326 e. The second kappa shape index (κ2) is 55.7. The Morgan fingerprint density at radius 3 is 1.56 bits per heavy atom. The van der Waals surface area contributed by atoms with Gasteiger partial charge in [-0.1, -0.05) is 153 Å². The number of rotatable bonds is 63. The number of nitrogens with one attached hydrogen (secondary N) is 5. The molecule has 8 N–H and O–H groups in total. The van der Waals surface area contributed by atoms with Crippen molar-refractivity contribution in [2.24, 2.45) is 0 Å². The maximum atomic E-state index is 13.0. The highest BCUT2D eigenvalue weighted by atomic mass is 16.7.